The molecule has 0 aliphatic heterocycles. The second kappa shape index (κ2) is 233. The van der Waals surface area contributed by atoms with Crippen molar-refractivity contribution in [3.63, 3.8) is 0 Å². The molecule has 0 aliphatic rings. The Labute approximate surface area is 438 Å². The molecule has 6 aromatic carbocycles. The summed E-state index contributed by atoms with van der Waals surface area (Å²) in [6.07, 6.45) is 2.50. The minimum Gasteiger partial charge on any atom is -0.400 e. The molecule has 0 bridgehead atoms. The van der Waals surface area contributed by atoms with Crippen molar-refractivity contribution >= 4 is 0 Å². The van der Waals surface area contributed by atoms with E-state index in [1.807, 2.05) is 301 Å². The lowest BCUT2D eigenvalue weighted by Crippen LogP contribution is -1.47. The van der Waals surface area contributed by atoms with E-state index in [9.17, 15) is 0 Å². The van der Waals surface area contributed by atoms with E-state index >= 15 is 0 Å². The highest BCUT2D eigenvalue weighted by molar-refractivity contribution is 5.02. The molecule has 0 unspecified atom stereocenters. The summed E-state index contributed by atoms with van der Waals surface area (Å²) in [5, 5.41) is 56.0. The van der Waals surface area contributed by atoms with Gasteiger partial charge >= 0.3 is 0 Å². The molecular weight excluding hydrogens is 873 g/mol. The highest BCUT2D eigenvalue weighted by atomic mass is 16.2. The van der Waals surface area contributed by atoms with Crippen LogP contribution in [0, 0.1) is 0 Å². The lowest BCUT2D eigenvalue weighted by molar-refractivity contribution is 0.399. The van der Waals surface area contributed by atoms with Crippen LogP contribution in [-0.2, 0) is 0 Å². The molecule has 0 saturated carbocycles. The maximum Gasteiger partial charge on any atom is 0.0319 e. The zero-order valence-electron chi connectivity index (χ0n) is 49.8. The molecule has 0 atom stereocenters. The Bertz CT molecular complexity index is 742. The molecule has 0 radical (unpaired) electrons. The highest BCUT2D eigenvalue weighted by Crippen LogP contribution is 1.83. The summed E-state index contributed by atoms with van der Waals surface area (Å²) < 4.78 is 0. The number of rotatable bonds is 0. The summed E-state index contributed by atoms with van der Waals surface area (Å²) in [6, 6.07) is 72.0. The summed E-state index contributed by atoms with van der Waals surface area (Å²) in [7, 11) is 8.00. The molecule has 8 heteroatoms. The molecule has 8 N–H and O–H groups in total. The van der Waals surface area contributed by atoms with E-state index in [1.165, 1.54) is 12.8 Å². The fourth-order valence-electron chi connectivity index (χ4n) is 2.31. The maximum absolute atomic E-state index is 7.00. The van der Waals surface area contributed by atoms with Gasteiger partial charge in [0.25, 0.3) is 0 Å². The number of benzene rings is 6. The Morgan fingerprint density at radius 1 is 0.129 bits per heavy atom. The molecule has 0 heterocycles. The van der Waals surface area contributed by atoms with Crippen LogP contribution in [0.3, 0.4) is 0 Å². The van der Waals surface area contributed by atoms with Gasteiger partial charge in [-0.25, -0.2) is 0 Å². The average molecular weight is 994 g/mol. The van der Waals surface area contributed by atoms with Gasteiger partial charge in [0.05, 0.1) is 0 Å². The van der Waals surface area contributed by atoms with Crippen LogP contribution in [0.15, 0.2) is 218 Å². The summed E-state index contributed by atoms with van der Waals surface area (Å²) in [5.41, 5.74) is 0. The quantitative estimate of drug-likeness (QED) is 0.0746. The van der Waals surface area contributed by atoms with Crippen LogP contribution in [0.4, 0.5) is 0 Å². The zero-order valence-corrected chi connectivity index (χ0v) is 49.8. The van der Waals surface area contributed by atoms with E-state index in [-0.39, 0.29) is 0 Å². The molecule has 0 spiro atoms. The molecule has 70 heavy (non-hydrogen) atoms. The Morgan fingerprint density at radius 3 is 0.157 bits per heavy atom. The van der Waals surface area contributed by atoms with Crippen LogP contribution in [0.2, 0.25) is 0 Å². The fraction of sp³-hybridized carbons (Fsp3) is 0.419. The molecule has 0 saturated heterocycles. The smallest absolute Gasteiger partial charge is 0.0319 e. The number of hydrogen-bond acceptors (Lipinski definition) is 8. The van der Waals surface area contributed by atoms with Crippen LogP contribution >= 0.6 is 0 Å². The van der Waals surface area contributed by atoms with Gasteiger partial charge in [0.2, 0.25) is 0 Å². The average Bonchev–Trinajstić information content (AvgIpc) is 3.54. The summed E-state index contributed by atoms with van der Waals surface area (Å²) in [5.74, 6) is 0. The highest BCUT2D eigenvalue weighted by Gasteiger charge is 1.61. The first-order valence-electron chi connectivity index (χ1n) is 24.4. The van der Waals surface area contributed by atoms with Gasteiger partial charge in [0.1, 0.15) is 0 Å². The van der Waals surface area contributed by atoms with Gasteiger partial charge in [-0.2, -0.15) is 0 Å². The van der Waals surface area contributed by atoms with Gasteiger partial charge in [0.15, 0.2) is 0 Å². The first kappa shape index (κ1) is 111. The minimum absolute atomic E-state index is 1.00. The zero-order chi connectivity index (χ0) is 58.9. The summed E-state index contributed by atoms with van der Waals surface area (Å²) in [4.78, 5) is 0. The van der Waals surface area contributed by atoms with Crippen molar-refractivity contribution in [2.45, 2.75) is 124 Å². The second-order valence-electron chi connectivity index (χ2n) is 8.34. The van der Waals surface area contributed by atoms with Crippen molar-refractivity contribution in [1.29, 1.82) is 0 Å². The SMILES string of the molecule is CC.CC.CC.CC.CC.CC.CCC.CCC.CO.CO.CO.CO.CO.CO.CO.CO.c1ccccc1.c1ccccc1.c1ccccc1.c1ccccc1.c1ccccc1.c1ccccc1. The first-order valence-corrected chi connectivity index (χ1v) is 24.4. The predicted octanol–water partition coefficient (Wildman–Crippen LogP) is 16.0. The maximum atomic E-state index is 7.00. The van der Waals surface area contributed by atoms with E-state index < -0.39 is 0 Å². The summed E-state index contributed by atoms with van der Waals surface area (Å²) in [6.45, 7) is 32.5. The van der Waals surface area contributed by atoms with Crippen molar-refractivity contribution in [3.8, 4) is 0 Å². The van der Waals surface area contributed by atoms with E-state index in [0.717, 1.165) is 56.9 Å². The molecule has 0 aromatic heterocycles. The topological polar surface area (TPSA) is 162 Å². The summed E-state index contributed by atoms with van der Waals surface area (Å²) >= 11 is 0. The van der Waals surface area contributed by atoms with E-state index in [4.69, 9.17) is 40.9 Å². The monoisotopic (exact) mass is 993 g/mol. The van der Waals surface area contributed by atoms with Gasteiger partial charge in [-0.05, 0) is 0 Å². The van der Waals surface area contributed by atoms with Gasteiger partial charge in [-0.3, -0.25) is 0 Å². The normalized spacial score (nSPS) is 5.83. The molecule has 6 aromatic rings. The third kappa shape index (κ3) is 252. The standard InChI is InChI=1S/6C6H6.2C3H8.6C2H6.8CH4O/c6*1-2-4-6-5-3-1;2*1-3-2;14*1-2/h6*1-6H;2*3H2,1-2H3;6*1-2H3;8*2H,1H3. The van der Waals surface area contributed by atoms with Crippen LogP contribution in [0.5, 0.6) is 0 Å². The third-order valence-corrected chi connectivity index (χ3v) is 4.00. The first-order chi connectivity index (χ1) is 34.8. The van der Waals surface area contributed by atoms with Crippen molar-refractivity contribution in [2.75, 3.05) is 56.9 Å². The van der Waals surface area contributed by atoms with E-state index in [2.05, 4.69) is 27.7 Å². The predicted molar refractivity (Wildman–Crippen MR) is 324 cm³/mol. The van der Waals surface area contributed by atoms with Gasteiger partial charge in [-0.15, -0.1) is 0 Å². The molecule has 0 aliphatic carbocycles. The van der Waals surface area contributed by atoms with Crippen molar-refractivity contribution < 1.29 is 40.9 Å². The second-order valence-corrected chi connectivity index (χ2v) is 8.34. The fourth-order valence-corrected chi connectivity index (χ4v) is 2.31. The van der Waals surface area contributed by atoms with Crippen molar-refractivity contribution in [1.82, 2.24) is 0 Å². The van der Waals surface area contributed by atoms with Crippen LogP contribution in [0.1, 0.15) is 124 Å². The lowest BCUT2D eigenvalue weighted by Gasteiger charge is -1.69. The lowest BCUT2D eigenvalue weighted by atomic mass is 10.4. The number of aliphatic hydroxyl groups excluding tert-OH is 8. The van der Waals surface area contributed by atoms with E-state index in [1.54, 1.807) is 0 Å². The van der Waals surface area contributed by atoms with Gasteiger partial charge < -0.3 is 40.9 Å². The van der Waals surface area contributed by atoms with Crippen LogP contribution < -0.4 is 0 Å². The molecule has 0 amide bonds. The third-order valence-electron chi connectivity index (χ3n) is 4.00. The Kier molecular flexibility index (Phi) is 370. The largest absolute Gasteiger partial charge is 0.400 e. The molecule has 0 fully saturated rings. The van der Waals surface area contributed by atoms with Crippen LogP contribution in [-0.4, -0.2) is 97.7 Å². The van der Waals surface area contributed by atoms with Gasteiger partial charge in [-0.1, -0.05) is 342 Å². The Morgan fingerprint density at radius 2 is 0.143 bits per heavy atom. The van der Waals surface area contributed by atoms with Crippen molar-refractivity contribution in [3.05, 3.63) is 218 Å². The Balaban J connectivity index is -0.0000000319. The molecule has 416 valence electrons. The van der Waals surface area contributed by atoms with Gasteiger partial charge in [0, 0.05) is 56.9 Å². The number of hydrogen-bond donors (Lipinski definition) is 8. The van der Waals surface area contributed by atoms with E-state index in [0.29, 0.717) is 0 Å². The van der Waals surface area contributed by atoms with Crippen molar-refractivity contribution in [2.24, 2.45) is 0 Å². The molecular formula is C62H120O8. The number of aliphatic hydroxyl groups is 8. The molecule has 6 rings (SSSR count). The Hall–Kier alpha value is -5.00. The van der Waals surface area contributed by atoms with Crippen LogP contribution in [0.25, 0.3) is 0 Å². The molecule has 8 nitrogen and oxygen atoms in total. The minimum atomic E-state index is 1.00.